The van der Waals surface area contributed by atoms with Crippen molar-refractivity contribution in [2.45, 2.75) is 37.5 Å². The maximum absolute atomic E-state index is 13.1. The molecule has 0 bridgehead atoms. The van der Waals surface area contributed by atoms with Crippen LogP contribution in [0.1, 0.15) is 30.9 Å². The maximum Gasteiger partial charge on any atom is 0.416 e. The quantitative estimate of drug-likeness (QED) is 0.698. The van der Waals surface area contributed by atoms with Crippen molar-refractivity contribution >= 4 is 34.5 Å². The summed E-state index contributed by atoms with van der Waals surface area (Å²) in [4.78, 5) is 31.9. The number of rotatable bonds is 4. The summed E-state index contributed by atoms with van der Waals surface area (Å²) >= 11 is 0. The third kappa shape index (κ3) is 3.10. The van der Waals surface area contributed by atoms with E-state index in [4.69, 9.17) is 0 Å². The molecule has 0 radical (unpaired) electrons. The van der Waals surface area contributed by atoms with Crippen LogP contribution in [0.15, 0.2) is 48.5 Å². The van der Waals surface area contributed by atoms with Crippen LogP contribution < -0.4 is 10.2 Å². The molecular weight excluding hydrogens is 397 g/mol. The number of imidazole rings is 1. The lowest BCUT2D eigenvalue weighted by molar-refractivity contribution is -0.137. The summed E-state index contributed by atoms with van der Waals surface area (Å²) < 4.78 is 40.5. The van der Waals surface area contributed by atoms with Crippen molar-refractivity contribution < 1.29 is 22.8 Å². The monoisotopic (exact) mass is 414 g/mol. The molecule has 3 aromatic rings. The van der Waals surface area contributed by atoms with Gasteiger partial charge in [0.2, 0.25) is 11.9 Å². The Bertz CT molecular complexity index is 1170. The number of nitrogens with one attached hydrogen (secondary N) is 1. The molecule has 30 heavy (non-hydrogen) atoms. The number of amides is 2. The number of hydrogen-bond donors (Lipinski definition) is 1. The van der Waals surface area contributed by atoms with E-state index in [-0.39, 0.29) is 24.1 Å². The molecule has 2 aliphatic rings. The highest BCUT2D eigenvalue weighted by atomic mass is 19.4. The second kappa shape index (κ2) is 6.58. The molecule has 154 valence electrons. The van der Waals surface area contributed by atoms with Gasteiger partial charge in [0.05, 0.1) is 23.0 Å². The van der Waals surface area contributed by atoms with E-state index in [0.29, 0.717) is 5.95 Å². The fourth-order valence-corrected chi connectivity index (χ4v) is 3.89. The number of benzene rings is 2. The fourth-order valence-electron chi connectivity index (χ4n) is 3.89. The summed E-state index contributed by atoms with van der Waals surface area (Å²) in [6, 6.07) is 11.1. The van der Waals surface area contributed by atoms with Crippen molar-refractivity contribution in [3.05, 3.63) is 54.1 Å². The van der Waals surface area contributed by atoms with Crippen LogP contribution in [0, 0.1) is 0 Å². The van der Waals surface area contributed by atoms with Crippen molar-refractivity contribution in [2.75, 3.05) is 10.2 Å². The van der Waals surface area contributed by atoms with Gasteiger partial charge in [-0.2, -0.15) is 13.2 Å². The van der Waals surface area contributed by atoms with Gasteiger partial charge in [0, 0.05) is 11.7 Å². The van der Waals surface area contributed by atoms with Crippen molar-refractivity contribution in [2.24, 2.45) is 0 Å². The van der Waals surface area contributed by atoms with Crippen molar-refractivity contribution in [1.82, 2.24) is 9.55 Å². The minimum atomic E-state index is -4.50. The van der Waals surface area contributed by atoms with Gasteiger partial charge in [0.15, 0.2) is 0 Å². The van der Waals surface area contributed by atoms with E-state index in [1.165, 1.54) is 12.1 Å². The number of fused-ring (bicyclic) bond motifs is 3. The number of carbonyl (C=O) groups is 2. The number of aromatic nitrogens is 2. The number of anilines is 2. The Hall–Kier alpha value is -3.36. The Morgan fingerprint density at radius 3 is 2.63 bits per heavy atom. The van der Waals surface area contributed by atoms with Gasteiger partial charge < -0.3 is 5.32 Å². The Kier molecular flexibility index (Phi) is 4.09. The molecule has 9 heteroatoms. The lowest BCUT2D eigenvalue weighted by Crippen LogP contribution is -2.33. The molecule has 1 atom stereocenters. The van der Waals surface area contributed by atoms with Gasteiger partial charge in [-0.05, 0) is 43.2 Å². The smallest absolute Gasteiger partial charge is 0.326 e. The Morgan fingerprint density at radius 2 is 1.90 bits per heavy atom. The van der Waals surface area contributed by atoms with Crippen LogP contribution in [0.3, 0.4) is 0 Å². The molecule has 6 nitrogen and oxygen atoms in total. The average molecular weight is 414 g/mol. The predicted octanol–water partition coefficient (Wildman–Crippen LogP) is 4.13. The number of nitrogens with zero attached hydrogens (tertiary/aromatic N) is 3. The van der Waals surface area contributed by atoms with E-state index in [1.54, 1.807) is 9.47 Å². The maximum atomic E-state index is 13.1. The zero-order valence-electron chi connectivity index (χ0n) is 15.7. The molecule has 2 heterocycles. The molecule has 2 amide bonds. The lowest BCUT2D eigenvalue weighted by atomic mass is 10.1. The van der Waals surface area contributed by atoms with Crippen LogP contribution in [0.2, 0.25) is 0 Å². The van der Waals surface area contributed by atoms with Gasteiger partial charge >= 0.3 is 6.18 Å². The molecule has 1 N–H and O–H groups in total. The summed E-state index contributed by atoms with van der Waals surface area (Å²) in [7, 11) is 0. The third-order valence-electron chi connectivity index (χ3n) is 5.39. The highest BCUT2D eigenvalue weighted by Crippen LogP contribution is 2.42. The van der Waals surface area contributed by atoms with E-state index in [2.05, 4.69) is 10.3 Å². The van der Waals surface area contributed by atoms with E-state index >= 15 is 0 Å². The minimum absolute atomic E-state index is 0.0371. The van der Waals surface area contributed by atoms with Crippen molar-refractivity contribution in [3.8, 4) is 0 Å². The first kappa shape index (κ1) is 18.7. The molecule has 1 aliphatic heterocycles. The zero-order valence-corrected chi connectivity index (χ0v) is 15.7. The molecule has 1 aliphatic carbocycles. The molecule has 1 saturated carbocycles. The predicted molar refractivity (Wildman–Crippen MR) is 104 cm³/mol. The van der Waals surface area contributed by atoms with Gasteiger partial charge in [-0.25, -0.2) is 4.98 Å². The molecule has 1 fully saturated rings. The molecule has 0 spiro atoms. The van der Waals surface area contributed by atoms with Gasteiger partial charge in [-0.1, -0.05) is 18.2 Å². The molecular formula is C21H17F3N4O2. The first-order chi connectivity index (χ1) is 14.3. The van der Waals surface area contributed by atoms with Crippen LogP contribution >= 0.6 is 0 Å². The molecule has 2 aromatic carbocycles. The number of alkyl halides is 3. The average Bonchev–Trinajstić information content (AvgIpc) is 3.40. The van der Waals surface area contributed by atoms with E-state index in [0.717, 1.165) is 36.0 Å². The van der Waals surface area contributed by atoms with Crippen LogP contribution in [0.25, 0.3) is 11.0 Å². The molecule has 1 aromatic heterocycles. The van der Waals surface area contributed by atoms with Crippen LogP contribution in [0.4, 0.5) is 24.8 Å². The summed E-state index contributed by atoms with van der Waals surface area (Å²) in [6.07, 6.45) is -2.92. The summed E-state index contributed by atoms with van der Waals surface area (Å²) in [5, 5.41) is 2.49. The first-order valence-electron chi connectivity index (χ1n) is 9.60. The van der Waals surface area contributed by atoms with Gasteiger partial charge in [-0.15, -0.1) is 0 Å². The number of para-hydroxylation sites is 2. The Balaban J connectivity index is 1.42. The molecule has 5 rings (SSSR count). The fraction of sp³-hybridized carbons (Fsp3) is 0.286. The SMILES string of the molecule is O=C(CC1C(=O)N(C2CC2)c2nc3ccccc3n21)Nc1cccc(C(F)(F)F)c1. The van der Waals surface area contributed by atoms with E-state index < -0.39 is 23.7 Å². The largest absolute Gasteiger partial charge is 0.416 e. The van der Waals surface area contributed by atoms with Gasteiger partial charge in [0.1, 0.15) is 6.04 Å². The highest BCUT2D eigenvalue weighted by molar-refractivity contribution is 6.05. The summed E-state index contributed by atoms with van der Waals surface area (Å²) in [6.45, 7) is 0. The second-order valence-electron chi connectivity index (χ2n) is 7.56. The van der Waals surface area contributed by atoms with Gasteiger partial charge in [-0.3, -0.25) is 19.1 Å². The van der Waals surface area contributed by atoms with Crippen LogP contribution in [-0.4, -0.2) is 27.4 Å². The topological polar surface area (TPSA) is 67.2 Å². The highest BCUT2D eigenvalue weighted by Gasteiger charge is 2.47. The normalized spacial score (nSPS) is 18.7. The summed E-state index contributed by atoms with van der Waals surface area (Å²) in [5.41, 5.74) is 0.671. The zero-order chi connectivity index (χ0) is 21.0. The molecule has 0 saturated heterocycles. The Labute approximate surface area is 169 Å². The van der Waals surface area contributed by atoms with Crippen molar-refractivity contribution in [1.29, 1.82) is 0 Å². The number of halogens is 3. The van der Waals surface area contributed by atoms with E-state index in [1.807, 2.05) is 24.3 Å². The van der Waals surface area contributed by atoms with Crippen LogP contribution in [0.5, 0.6) is 0 Å². The minimum Gasteiger partial charge on any atom is -0.326 e. The lowest BCUT2D eigenvalue weighted by Gasteiger charge is -2.15. The second-order valence-corrected chi connectivity index (χ2v) is 7.56. The Morgan fingerprint density at radius 1 is 1.13 bits per heavy atom. The van der Waals surface area contributed by atoms with Gasteiger partial charge in [0.25, 0.3) is 5.91 Å². The number of carbonyl (C=O) groups excluding carboxylic acids is 2. The molecule has 1 unspecified atom stereocenters. The van der Waals surface area contributed by atoms with Crippen LogP contribution in [-0.2, 0) is 15.8 Å². The third-order valence-corrected chi connectivity index (χ3v) is 5.39. The number of hydrogen-bond acceptors (Lipinski definition) is 3. The first-order valence-corrected chi connectivity index (χ1v) is 9.60. The standard InChI is InChI=1S/C21H17F3N4O2/c22-21(23,24)12-4-3-5-13(10-12)25-18(29)11-17-19(30)27(14-8-9-14)20-26-15-6-1-2-7-16(15)28(17)20/h1-7,10,14,17H,8-9,11H2,(H,25,29). The van der Waals surface area contributed by atoms with Crippen molar-refractivity contribution in [3.63, 3.8) is 0 Å². The summed E-state index contributed by atoms with van der Waals surface area (Å²) in [5.74, 6) is -0.209. The van der Waals surface area contributed by atoms with E-state index in [9.17, 15) is 22.8 Å².